The number of hydrogen-bond donors (Lipinski definition) is 2. The number of hydrogen-bond acceptors (Lipinski definition) is 2. The molecule has 0 saturated carbocycles. The van der Waals surface area contributed by atoms with Gasteiger partial charge >= 0.3 is 0 Å². The van der Waals surface area contributed by atoms with Gasteiger partial charge in [0.05, 0.1) is 6.54 Å². The summed E-state index contributed by atoms with van der Waals surface area (Å²) < 4.78 is 29.2. The summed E-state index contributed by atoms with van der Waals surface area (Å²) in [5, 5.41) is 1.09. The largest absolute Gasteiger partial charge is 0.357 e. The monoisotopic (exact) mass is 321 g/mol. The predicted molar refractivity (Wildman–Crippen MR) is 88.6 cm³/mol. The van der Waals surface area contributed by atoms with Gasteiger partial charge in [0.2, 0.25) is 0 Å². The molecule has 2 atom stereocenters. The van der Waals surface area contributed by atoms with E-state index >= 15 is 0 Å². The van der Waals surface area contributed by atoms with Crippen LogP contribution in [0.15, 0.2) is 30.3 Å². The summed E-state index contributed by atoms with van der Waals surface area (Å²) in [6.45, 7) is 5.71. The Labute approximate surface area is 131 Å². The van der Waals surface area contributed by atoms with Gasteiger partial charge in [-0.15, -0.1) is 0 Å². The van der Waals surface area contributed by atoms with E-state index in [2.05, 4.69) is 23.6 Å². The van der Waals surface area contributed by atoms with Crippen molar-refractivity contribution in [3.8, 4) is 0 Å². The first-order valence-electron chi connectivity index (χ1n) is 7.75. The van der Waals surface area contributed by atoms with Crippen molar-refractivity contribution < 1.29 is 8.42 Å². The summed E-state index contributed by atoms with van der Waals surface area (Å²) >= 11 is 0. The van der Waals surface area contributed by atoms with Crippen LogP contribution < -0.4 is 4.72 Å². The molecule has 0 unspecified atom stereocenters. The molecule has 3 rings (SSSR count). The molecule has 2 aromatic rings. The number of aromatic amines is 1. The molecule has 22 heavy (non-hydrogen) atoms. The second kappa shape index (κ2) is 6.02. The van der Waals surface area contributed by atoms with Crippen LogP contribution in [0.5, 0.6) is 0 Å². The van der Waals surface area contributed by atoms with Crippen LogP contribution in [-0.2, 0) is 16.8 Å². The lowest BCUT2D eigenvalue weighted by Crippen LogP contribution is -2.47. The van der Waals surface area contributed by atoms with E-state index < -0.39 is 10.2 Å². The molecule has 1 aliphatic rings. The zero-order valence-corrected chi connectivity index (χ0v) is 13.9. The Bertz CT molecular complexity index is 711. The number of para-hydroxylation sites is 1. The lowest BCUT2D eigenvalue weighted by atomic mass is 9.94. The summed E-state index contributed by atoms with van der Waals surface area (Å²) in [6.07, 6.45) is 1.09. The summed E-state index contributed by atoms with van der Waals surface area (Å²) in [5.74, 6) is 0.821. The third kappa shape index (κ3) is 3.34. The first kappa shape index (κ1) is 15.5. The van der Waals surface area contributed by atoms with Gasteiger partial charge in [0.25, 0.3) is 10.2 Å². The first-order valence-corrected chi connectivity index (χ1v) is 9.19. The topological polar surface area (TPSA) is 65.2 Å². The van der Waals surface area contributed by atoms with Gasteiger partial charge in [-0.3, -0.25) is 0 Å². The van der Waals surface area contributed by atoms with Crippen molar-refractivity contribution in [2.45, 2.75) is 26.8 Å². The van der Waals surface area contributed by atoms with Gasteiger partial charge in [0.15, 0.2) is 0 Å². The molecule has 2 N–H and O–H groups in total. The maximum Gasteiger partial charge on any atom is 0.279 e. The number of piperidine rings is 1. The van der Waals surface area contributed by atoms with Gasteiger partial charge < -0.3 is 4.98 Å². The molecule has 1 fully saturated rings. The highest BCUT2D eigenvalue weighted by Crippen LogP contribution is 2.23. The van der Waals surface area contributed by atoms with E-state index in [0.29, 0.717) is 24.9 Å². The second-order valence-electron chi connectivity index (χ2n) is 6.47. The Morgan fingerprint density at radius 3 is 2.59 bits per heavy atom. The minimum atomic E-state index is -3.42. The number of rotatable bonds is 4. The van der Waals surface area contributed by atoms with Crippen molar-refractivity contribution >= 4 is 21.1 Å². The van der Waals surface area contributed by atoms with E-state index in [0.717, 1.165) is 23.0 Å². The maximum atomic E-state index is 12.5. The molecule has 5 nitrogen and oxygen atoms in total. The molecular weight excluding hydrogens is 298 g/mol. The molecule has 1 aromatic carbocycles. The fourth-order valence-electron chi connectivity index (χ4n) is 3.29. The van der Waals surface area contributed by atoms with E-state index in [4.69, 9.17) is 0 Å². The lowest BCUT2D eigenvalue weighted by Gasteiger charge is -2.33. The van der Waals surface area contributed by atoms with Gasteiger partial charge in [-0.1, -0.05) is 32.0 Å². The number of nitrogens with one attached hydrogen (secondary N) is 2. The number of fused-ring (bicyclic) bond motifs is 1. The Kier molecular flexibility index (Phi) is 4.25. The second-order valence-corrected chi connectivity index (χ2v) is 8.23. The third-order valence-electron chi connectivity index (χ3n) is 4.21. The summed E-state index contributed by atoms with van der Waals surface area (Å²) in [5.41, 5.74) is 1.90. The lowest BCUT2D eigenvalue weighted by molar-refractivity contribution is 0.220. The van der Waals surface area contributed by atoms with Crippen LogP contribution in [0, 0.1) is 11.8 Å². The van der Waals surface area contributed by atoms with Crippen LogP contribution in [-0.4, -0.2) is 30.8 Å². The highest BCUT2D eigenvalue weighted by molar-refractivity contribution is 7.87. The molecule has 2 heterocycles. The van der Waals surface area contributed by atoms with Crippen molar-refractivity contribution in [2.24, 2.45) is 11.8 Å². The molecule has 1 saturated heterocycles. The summed E-state index contributed by atoms with van der Waals surface area (Å²) in [4.78, 5) is 3.24. The van der Waals surface area contributed by atoms with Gasteiger partial charge in [-0.25, -0.2) is 0 Å². The number of nitrogens with zero attached hydrogens (tertiary/aromatic N) is 1. The third-order valence-corrected chi connectivity index (χ3v) is 5.69. The van der Waals surface area contributed by atoms with Crippen molar-refractivity contribution in [3.05, 3.63) is 36.0 Å². The molecule has 0 amide bonds. The Morgan fingerprint density at radius 2 is 1.91 bits per heavy atom. The SMILES string of the molecule is C[C@@H]1C[C@H](C)CN(S(=O)(=O)NCc2cc3ccccc3[nH]2)C1. The fourth-order valence-corrected chi connectivity index (χ4v) is 4.71. The zero-order valence-electron chi connectivity index (χ0n) is 13.0. The fraction of sp³-hybridized carbons (Fsp3) is 0.500. The highest BCUT2D eigenvalue weighted by atomic mass is 32.2. The molecule has 0 bridgehead atoms. The quantitative estimate of drug-likeness (QED) is 0.908. The van der Waals surface area contributed by atoms with Crippen LogP contribution in [0.4, 0.5) is 0 Å². The highest BCUT2D eigenvalue weighted by Gasteiger charge is 2.30. The number of H-pyrrole nitrogens is 1. The maximum absolute atomic E-state index is 12.5. The van der Waals surface area contributed by atoms with Crippen molar-refractivity contribution in [3.63, 3.8) is 0 Å². The summed E-state index contributed by atoms with van der Waals surface area (Å²) in [6, 6.07) is 9.92. The Hall–Kier alpha value is -1.37. The van der Waals surface area contributed by atoms with Crippen LogP contribution in [0.3, 0.4) is 0 Å². The van der Waals surface area contributed by atoms with Gasteiger partial charge in [-0.05, 0) is 35.8 Å². The van der Waals surface area contributed by atoms with Gasteiger partial charge in [0.1, 0.15) is 0 Å². The molecule has 0 radical (unpaired) electrons. The number of aromatic nitrogens is 1. The predicted octanol–water partition coefficient (Wildman–Crippen LogP) is 2.48. The van der Waals surface area contributed by atoms with Crippen LogP contribution in [0.25, 0.3) is 10.9 Å². The molecule has 1 aromatic heterocycles. The minimum absolute atomic E-state index is 0.288. The van der Waals surface area contributed by atoms with E-state index in [9.17, 15) is 8.42 Å². The van der Waals surface area contributed by atoms with Crippen LogP contribution in [0.2, 0.25) is 0 Å². The zero-order chi connectivity index (χ0) is 15.7. The number of benzene rings is 1. The van der Waals surface area contributed by atoms with E-state index in [1.807, 2.05) is 30.3 Å². The van der Waals surface area contributed by atoms with Crippen molar-refractivity contribution in [1.82, 2.24) is 14.0 Å². The normalized spacial score (nSPS) is 23.9. The Balaban J connectivity index is 1.69. The smallest absolute Gasteiger partial charge is 0.279 e. The van der Waals surface area contributed by atoms with Gasteiger partial charge in [0, 0.05) is 24.3 Å². The van der Waals surface area contributed by atoms with E-state index in [1.54, 1.807) is 4.31 Å². The molecule has 6 heteroatoms. The molecule has 0 aliphatic carbocycles. The molecule has 120 valence electrons. The molecule has 0 spiro atoms. The first-order chi connectivity index (χ1) is 10.4. The van der Waals surface area contributed by atoms with Crippen LogP contribution >= 0.6 is 0 Å². The van der Waals surface area contributed by atoms with Crippen LogP contribution in [0.1, 0.15) is 26.0 Å². The molecular formula is C16H23N3O2S. The minimum Gasteiger partial charge on any atom is -0.357 e. The average molecular weight is 321 g/mol. The molecule has 1 aliphatic heterocycles. The summed E-state index contributed by atoms with van der Waals surface area (Å²) in [7, 11) is -3.42. The van der Waals surface area contributed by atoms with E-state index in [-0.39, 0.29) is 6.54 Å². The van der Waals surface area contributed by atoms with E-state index in [1.165, 1.54) is 0 Å². The van der Waals surface area contributed by atoms with Crippen molar-refractivity contribution in [2.75, 3.05) is 13.1 Å². The van der Waals surface area contributed by atoms with Crippen molar-refractivity contribution in [1.29, 1.82) is 0 Å². The standard InChI is InChI=1S/C16H23N3O2S/c1-12-7-13(2)11-19(10-12)22(20,21)17-9-15-8-14-5-3-4-6-16(14)18-15/h3-6,8,12-13,17-18H,7,9-11H2,1-2H3/t12-,13+. The van der Waals surface area contributed by atoms with Gasteiger partial charge in [-0.2, -0.15) is 17.4 Å². The average Bonchev–Trinajstić information content (AvgIpc) is 2.87. The Morgan fingerprint density at radius 1 is 1.23 bits per heavy atom.